The molecule has 18 heavy (non-hydrogen) atoms. The van der Waals surface area contributed by atoms with E-state index in [4.69, 9.17) is 10.2 Å². The van der Waals surface area contributed by atoms with Crippen LogP contribution in [0.1, 0.15) is 6.42 Å². The van der Waals surface area contributed by atoms with Crippen molar-refractivity contribution in [1.82, 2.24) is 10.6 Å². The molecule has 0 heterocycles. The van der Waals surface area contributed by atoms with Crippen LogP contribution in [0.5, 0.6) is 0 Å². The highest BCUT2D eigenvalue weighted by molar-refractivity contribution is 8.00. The summed E-state index contributed by atoms with van der Waals surface area (Å²) in [7, 11) is 0. The van der Waals surface area contributed by atoms with Gasteiger partial charge in [-0.05, 0) is 11.8 Å². The second-order valence-electron chi connectivity index (χ2n) is 3.12. The fourth-order valence-corrected chi connectivity index (χ4v) is 1.28. The van der Waals surface area contributed by atoms with Crippen molar-refractivity contribution in [3.05, 3.63) is 0 Å². The van der Waals surface area contributed by atoms with E-state index in [1.165, 1.54) is 0 Å². The van der Waals surface area contributed by atoms with Crippen LogP contribution in [0.25, 0.3) is 0 Å². The molecule has 0 spiro atoms. The molecule has 0 aromatic heterocycles. The van der Waals surface area contributed by atoms with Gasteiger partial charge >= 0.3 is 17.5 Å². The van der Waals surface area contributed by atoms with Gasteiger partial charge in [-0.1, -0.05) is 0 Å². The maximum absolute atomic E-state index is 11.7. The number of aliphatic carboxylic acids is 1. The average Bonchev–Trinajstić information content (AvgIpc) is 2.22. The van der Waals surface area contributed by atoms with Gasteiger partial charge in [0.1, 0.15) is 0 Å². The van der Waals surface area contributed by atoms with Crippen LogP contribution in [0.4, 0.5) is 18.0 Å². The predicted molar refractivity (Wildman–Crippen MR) is 58.2 cm³/mol. The van der Waals surface area contributed by atoms with Crippen molar-refractivity contribution in [3.8, 4) is 0 Å². The monoisotopic (exact) mass is 290 g/mol. The first-order valence-electron chi connectivity index (χ1n) is 4.85. The second-order valence-corrected chi connectivity index (χ2v) is 4.28. The molecule has 0 saturated heterocycles. The summed E-state index contributed by atoms with van der Waals surface area (Å²) >= 11 is -0.252. The Hall–Kier alpha value is -1.16. The van der Waals surface area contributed by atoms with Gasteiger partial charge in [0.25, 0.3) is 0 Å². The highest BCUT2D eigenvalue weighted by atomic mass is 32.2. The number of amides is 2. The molecule has 106 valence electrons. The van der Waals surface area contributed by atoms with Gasteiger partial charge in [-0.15, -0.1) is 0 Å². The molecule has 0 radical (unpaired) electrons. The number of hydrogen-bond acceptors (Lipinski definition) is 4. The third-order valence-corrected chi connectivity index (χ3v) is 2.38. The molecule has 10 heteroatoms. The molecule has 0 fully saturated rings. The molecule has 1 atom stereocenters. The van der Waals surface area contributed by atoms with Crippen LogP contribution in [-0.4, -0.2) is 52.7 Å². The smallest absolute Gasteiger partial charge is 0.441 e. The first-order valence-corrected chi connectivity index (χ1v) is 5.84. The van der Waals surface area contributed by atoms with Gasteiger partial charge in [0.05, 0.1) is 0 Å². The lowest BCUT2D eigenvalue weighted by atomic mass is 10.2. The zero-order valence-corrected chi connectivity index (χ0v) is 9.98. The van der Waals surface area contributed by atoms with Gasteiger partial charge in [0, 0.05) is 25.3 Å². The topological polar surface area (TPSA) is 98.7 Å². The number of thioether (sulfide) groups is 1. The minimum atomic E-state index is -4.33. The Morgan fingerprint density at radius 1 is 1.22 bits per heavy atom. The molecule has 0 bridgehead atoms. The van der Waals surface area contributed by atoms with Crippen LogP contribution < -0.4 is 10.6 Å². The summed E-state index contributed by atoms with van der Waals surface area (Å²) in [5.41, 5.74) is -4.33. The van der Waals surface area contributed by atoms with E-state index < -0.39 is 23.6 Å². The Morgan fingerprint density at radius 2 is 1.78 bits per heavy atom. The van der Waals surface area contributed by atoms with Crippen molar-refractivity contribution in [2.45, 2.75) is 18.0 Å². The lowest BCUT2D eigenvalue weighted by Gasteiger charge is -2.09. The van der Waals surface area contributed by atoms with Crippen LogP contribution in [-0.2, 0) is 4.79 Å². The van der Waals surface area contributed by atoms with Crippen LogP contribution in [0.2, 0.25) is 0 Å². The fourth-order valence-electron chi connectivity index (χ4n) is 0.840. The maximum Gasteiger partial charge on any atom is 0.441 e. The third kappa shape index (κ3) is 10.0. The largest absolute Gasteiger partial charge is 0.479 e. The summed E-state index contributed by atoms with van der Waals surface area (Å²) in [6, 6.07) is -0.713. The van der Waals surface area contributed by atoms with Crippen molar-refractivity contribution in [3.63, 3.8) is 0 Å². The van der Waals surface area contributed by atoms with Gasteiger partial charge in [-0.2, -0.15) is 13.2 Å². The normalized spacial score (nSPS) is 12.9. The fraction of sp³-hybridized carbons (Fsp3) is 0.750. The number of urea groups is 1. The minimum Gasteiger partial charge on any atom is -0.479 e. The Labute approximate surface area is 105 Å². The number of carbonyl (C=O) groups is 2. The van der Waals surface area contributed by atoms with Gasteiger partial charge in [-0.3, -0.25) is 0 Å². The maximum atomic E-state index is 11.7. The van der Waals surface area contributed by atoms with E-state index in [0.717, 1.165) is 0 Å². The van der Waals surface area contributed by atoms with Crippen LogP contribution in [0, 0.1) is 0 Å². The summed E-state index contributed by atoms with van der Waals surface area (Å²) in [5, 5.41) is 21.5. The second kappa shape index (κ2) is 8.03. The van der Waals surface area contributed by atoms with Gasteiger partial charge in [0.2, 0.25) is 0 Å². The highest BCUT2D eigenvalue weighted by Gasteiger charge is 2.27. The summed E-state index contributed by atoms with van der Waals surface area (Å²) in [4.78, 5) is 21.2. The molecule has 0 aliphatic carbocycles. The standard InChI is InChI=1S/C8H13F3N2O4S/c9-8(10,11)18-4-3-13-7(17)12-2-1-5(14)6(15)16/h5,14H,1-4H2,(H,15,16)(H2,12,13,17)/t5-/m0/s1. The molecule has 2 amide bonds. The number of carboxylic acid groups (broad SMARTS) is 1. The number of carbonyl (C=O) groups excluding carboxylic acids is 1. The number of aliphatic hydroxyl groups excluding tert-OH is 1. The summed E-state index contributed by atoms with van der Waals surface area (Å²) in [5.74, 6) is -1.71. The number of hydrogen-bond donors (Lipinski definition) is 4. The quantitative estimate of drug-likeness (QED) is 0.508. The highest BCUT2D eigenvalue weighted by Crippen LogP contribution is 2.29. The summed E-state index contributed by atoms with van der Waals surface area (Å²) < 4.78 is 35.1. The van der Waals surface area contributed by atoms with E-state index in [0.29, 0.717) is 0 Å². The van der Waals surface area contributed by atoms with E-state index in [1.54, 1.807) is 0 Å². The number of carboxylic acids is 1. The number of aliphatic hydroxyl groups is 1. The predicted octanol–water partition coefficient (Wildman–Crippen LogP) is 0.374. The van der Waals surface area contributed by atoms with Crippen LogP contribution >= 0.6 is 11.8 Å². The summed E-state index contributed by atoms with van der Waals surface area (Å²) in [6.45, 7) is -0.261. The Kier molecular flexibility index (Phi) is 7.51. The van der Waals surface area contributed by atoms with Crippen molar-refractivity contribution in [2.24, 2.45) is 0 Å². The molecule has 6 nitrogen and oxygen atoms in total. The molecule has 0 aromatic carbocycles. The van der Waals surface area contributed by atoms with Gasteiger partial charge in [0.15, 0.2) is 6.10 Å². The minimum absolute atomic E-state index is 0.0916. The molecule has 0 unspecified atom stereocenters. The van der Waals surface area contributed by atoms with Crippen LogP contribution in [0.3, 0.4) is 0 Å². The Balaban J connectivity index is 3.52. The van der Waals surface area contributed by atoms with E-state index in [2.05, 4.69) is 10.6 Å². The van der Waals surface area contributed by atoms with Crippen LogP contribution in [0.15, 0.2) is 0 Å². The van der Waals surface area contributed by atoms with E-state index >= 15 is 0 Å². The molecular weight excluding hydrogens is 277 g/mol. The van der Waals surface area contributed by atoms with Gasteiger partial charge in [-0.25, -0.2) is 9.59 Å². The number of halogens is 3. The van der Waals surface area contributed by atoms with Crippen molar-refractivity contribution in [2.75, 3.05) is 18.8 Å². The van der Waals surface area contributed by atoms with E-state index in [9.17, 15) is 22.8 Å². The van der Waals surface area contributed by atoms with Crippen molar-refractivity contribution in [1.29, 1.82) is 0 Å². The third-order valence-electron chi connectivity index (χ3n) is 1.64. The molecule has 4 N–H and O–H groups in total. The van der Waals surface area contributed by atoms with Gasteiger partial charge < -0.3 is 20.8 Å². The Bertz CT molecular complexity index is 288. The zero-order valence-electron chi connectivity index (χ0n) is 9.16. The number of nitrogens with one attached hydrogen (secondary N) is 2. The number of rotatable bonds is 7. The molecule has 0 rings (SSSR count). The average molecular weight is 290 g/mol. The van der Waals surface area contributed by atoms with E-state index in [-0.39, 0.29) is 37.0 Å². The zero-order chi connectivity index (χ0) is 14.2. The lowest BCUT2D eigenvalue weighted by Crippen LogP contribution is -2.38. The Morgan fingerprint density at radius 3 is 2.28 bits per heavy atom. The number of alkyl halides is 3. The SMILES string of the molecule is O=C(NCCSC(F)(F)F)NCC[C@H](O)C(=O)O. The van der Waals surface area contributed by atoms with Crippen molar-refractivity contribution >= 4 is 23.8 Å². The molecule has 0 aliphatic heterocycles. The molecule has 0 aromatic rings. The van der Waals surface area contributed by atoms with E-state index in [1.807, 2.05) is 0 Å². The van der Waals surface area contributed by atoms with Crippen molar-refractivity contribution < 1.29 is 33.0 Å². The summed E-state index contributed by atoms with van der Waals surface area (Å²) in [6.07, 6.45) is -1.76. The first-order chi connectivity index (χ1) is 8.22. The molecule has 0 saturated carbocycles. The lowest BCUT2D eigenvalue weighted by molar-refractivity contribution is -0.146. The first kappa shape index (κ1) is 16.8. The molecular formula is C8H13F3N2O4S. The molecule has 0 aliphatic rings.